The standard InChI is InChI=1S/C18H39N3/c1-2-7-13-19-15-9-4-5-10-16-21-18-12-6-11-17-20-14-8-3-1/h19-21H,1-18H2. The lowest BCUT2D eigenvalue weighted by Gasteiger charge is -2.06. The highest BCUT2D eigenvalue weighted by molar-refractivity contribution is 4.55. The van der Waals surface area contributed by atoms with E-state index in [2.05, 4.69) is 16.0 Å². The second-order valence-electron chi connectivity index (χ2n) is 6.49. The first-order chi connectivity index (χ1) is 10.5. The van der Waals surface area contributed by atoms with E-state index in [0.29, 0.717) is 0 Å². The molecule has 1 rings (SSSR count). The summed E-state index contributed by atoms with van der Waals surface area (Å²) in [6, 6.07) is 0. The largest absolute Gasteiger partial charge is 0.317 e. The van der Waals surface area contributed by atoms with Crippen molar-refractivity contribution in [3.63, 3.8) is 0 Å². The molecule has 126 valence electrons. The van der Waals surface area contributed by atoms with Gasteiger partial charge in [0.25, 0.3) is 0 Å². The van der Waals surface area contributed by atoms with Crippen molar-refractivity contribution in [2.75, 3.05) is 39.3 Å². The molecule has 0 bridgehead atoms. The lowest BCUT2D eigenvalue weighted by Crippen LogP contribution is -2.18. The summed E-state index contributed by atoms with van der Waals surface area (Å²) in [7, 11) is 0. The summed E-state index contributed by atoms with van der Waals surface area (Å²) in [5, 5.41) is 10.8. The zero-order valence-electron chi connectivity index (χ0n) is 14.2. The molecule has 21 heavy (non-hydrogen) atoms. The van der Waals surface area contributed by atoms with Crippen LogP contribution in [0, 0.1) is 0 Å². The maximum Gasteiger partial charge on any atom is -0.00489 e. The minimum Gasteiger partial charge on any atom is -0.317 e. The van der Waals surface area contributed by atoms with Crippen LogP contribution in [0.15, 0.2) is 0 Å². The highest BCUT2D eigenvalue weighted by Crippen LogP contribution is 2.03. The van der Waals surface area contributed by atoms with Gasteiger partial charge < -0.3 is 16.0 Å². The molecule has 0 radical (unpaired) electrons. The van der Waals surface area contributed by atoms with Crippen LogP contribution in [0.25, 0.3) is 0 Å². The Morgan fingerprint density at radius 3 is 0.714 bits per heavy atom. The minimum absolute atomic E-state index is 1.21. The van der Waals surface area contributed by atoms with E-state index >= 15 is 0 Å². The van der Waals surface area contributed by atoms with Crippen molar-refractivity contribution < 1.29 is 0 Å². The monoisotopic (exact) mass is 297 g/mol. The summed E-state index contributed by atoms with van der Waals surface area (Å²) in [4.78, 5) is 0. The molecule has 1 saturated heterocycles. The molecule has 1 aliphatic heterocycles. The van der Waals surface area contributed by atoms with Crippen LogP contribution in [0.3, 0.4) is 0 Å². The van der Waals surface area contributed by atoms with Crippen molar-refractivity contribution in [1.82, 2.24) is 16.0 Å². The smallest absolute Gasteiger partial charge is 0.00489 e. The number of hydrogen-bond donors (Lipinski definition) is 3. The Morgan fingerprint density at radius 1 is 0.238 bits per heavy atom. The van der Waals surface area contributed by atoms with Gasteiger partial charge in [-0.25, -0.2) is 0 Å². The molecule has 0 amide bonds. The van der Waals surface area contributed by atoms with Crippen LogP contribution >= 0.6 is 0 Å². The normalized spacial score (nSPS) is 24.0. The Morgan fingerprint density at radius 2 is 0.429 bits per heavy atom. The Kier molecular flexibility index (Phi) is 14.7. The quantitative estimate of drug-likeness (QED) is 0.641. The molecule has 1 fully saturated rings. The predicted octanol–water partition coefficient (Wildman–Crippen LogP) is 3.45. The highest BCUT2D eigenvalue weighted by atomic mass is 14.9. The van der Waals surface area contributed by atoms with Gasteiger partial charge >= 0.3 is 0 Å². The summed E-state index contributed by atoms with van der Waals surface area (Å²) in [5.41, 5.74) is 0. The number of rotatable bonds is 0. The predicted molar refractivity (Wildman–Crippen MR) is 94.0 cm³/mol. The average molecular weight is 298 g/mol. The van der Waals surface area contributed by atoms with Crippen LogP contribution < -0.4 is 16.0 Å². The number of nitrogens with one attached hydrogen (secondary N) is 3. The van der Waals surface area contributed by atoms with Gasteiger partial charge in [-0.1, -0.05) is 38.5 Å². The Bertz CT molecular complexity index is 105. The lowest BCUT2D eigenvalue weighted by atomic mass is 10.1. The van der Waals surface area contributed by atoms with E-state index in [0.717, 1.165) is 0 Å². The van der Waals surface area contributed by atoms with Gasteiger partial charge in [0, 0.05) is 0 Å². The fourth-order valence-electron chi connectivity index (χ4n) is 2.94. The second kappa shape index (κ2) is 16.3. The van der Waals surface area contributed by atoms with Crippen LogP contribution in [0.4, 0.5) is 0 Å². The van der Waals surface area contributed by atoms with E-state index in [-0.39, 0.29) is 0 Å². The summed E-state index contributed by atoms with van der Waals surface area (Å²) in [6.45, 7) is 7.30. The van der Waals surface area contributed by atoms with Gasteiger partial charge in [0.2, 0.25) is 0 Å². The molecule has 0 aromatic carbocycles. The molecule has 1 heterocycles. The van der Waals surface area contributed by atoms with Gasteiger partial charge in [0.05, 0.1) is 0 Å². The molecule has 1 aliphatic rings. The van der Waals surface area contributed by atoms with E-state index in [4.69, 9.17) is 0 Å². The van der Waals surface area contributed by atoms with Gasteiger partial charge in [-0.2, -0.15) is 0 Å². The SMILES string of the molecule is C1CCCNCCCCCCNCCCCCNCCC1. The fourth-order valence-corrected chi connectivity index (χ4v) is 2.94. The third kappa shape index (κ3) is 14.6. The first kappa shape index (κ1) is 18.9. The summed E-state index contributed by atoms with van der Waals surface area (Å²) in [6.07, 6.45) is 16.5. The van der Waals surface area contributed by atoms with Gasteiger partial charge in [-0.05, 0) is 77.8 Å². The molecule has 0 aliphatic carbocycles. The first-order valence-electron chi connectivity index (χ1n) is 9.62. The topological polar surface area (TPSA) is 36.1 Å². The second-order valence-corrected chi connectivity index (χ2v) is 6.49. The molecule has 0 atom stereocenters. The van der Waals surface area contributed by atoms with Crippen molar-refractivity contribution in [2.45, 2.75) is 77.0 Å². The van der Waals surface area contributed by atoms with Gasteiger partial charge in [-0.3, -0.25) is 0 Å². The van der Waals surface area contributed by atoms with Gasteiger partial charge in [0.1, 0.15) is 0 Å². The maximum absolute atomic E-state index is 3.59. The summed E-state index contributed by atoms with van der Waals surface area (Å²) >= 11 is 0. The van der Waals surface area contributed by atoms with Crippen LogP contribution in [0.2, 0.25) is 0 Å². The molecule has 0 spiro atoms. The molecule has 3 nitrogen and oxygen atoms in total. The van der Waals surface area contributed by atoms with Crippen molar-refractivity contribution in [3.05, 3.63) is 0 Å². The third-order valence-corrected chi connectivity index (χ3v) is 4.37. The van der Waals surface area contributed by atoms with Crippen molar-refractivity contribution >= 4 is 0 Å². The summed E-state index contributed by atoms with van der Waals surface area (Å²) in [5.74, 6) is 0. The Labute approximate surface area is 133 Å². The molecule has 0 aromatic heterocycles. The fraction of sp³-hybridized carbons (Fsp3) is 1.00. The van der Waals surface area contributed by atoms with E-state index in [1.165, 1.54) is 116 Å². The third-order valence-electron chi connectivity index (χ3n) is 4.37. The first-order valence-corrected chi connectivity index (χ1v) is 9.62. The average Bonchev–Trinajstić information content (AvgIpc) is 2.50. The molecule has 0 aromatic rings. The van der Waals surface area contributed by atoms with Crippen LogP contribution in [-0.4, -0.2) is 39.3 Å². The molecular formula is C18H39N3. The molecule has 0 saturated carbocycles. The van der Waals surface area contributed by atoms with Crippen molar-refractivity contribution in [2.24, 2.45) is 0 Å². The van der Waals surface area contributed by atoms with E-state index in [9.17, 15) is 0 Å². The van der Waals surface area contributed by atoms with Crippen LogP contribution in [0.5, 0.6) is 0 Å². The van der Waals surface area contributed by atoms with E-state index in [1.54, 1.807) is 0 Å². The molecular weight excluding hydrogens is 258 g/mol. The lowest BCUT2D eigenvalue weighted by molar-refractivity contribution is 0.539. The zero-order valence-corrected chi connectivity index (χ0v) is 14.2. The molecule has 0 unspecified atom stereocenters. The van der Waals surface area contributed by atoms with E-state index in [1.807, 2.05) is 0 Å². The van der Waals surface area contributed by atoms with Gasteiger partial charge in [-0.15, -0.1) is 0 Å². The summed E-state index contributed by atoms with van der Waals surface area (Å²) < 4.78 is 0. The maximum atomic E-state index is 3.59. The van der Waals surface area contributed by atoms with Crippen molar-refractivity contribution in [3.8, 4) is 0 Å². The van der Waals surface area contributed by atoms with Crippen LogP contribution in [0.1, 0.15) is 77.0 Å². The van der Waals surface area contributed by atoms with Crippen molar-refractivity contribution in [1.29, 1.82) is 0 Å². The van der Waals surface area contributed by atoms with E-state index < -0.39 is 0 Å². The van der Waals surface area contributed by atoms with Crippen LogP contribution in [-0.2, 0) is 0 Å². The Hall–Kier alpha value is -0.120. The van der Waals surface area contributed by atoms with Gasteiger partial charge in [0.15, 0.2) is 0 Å². The highest BCUT2D eigenvalue weighted by Gasteiger charge is 1.95. The number of hydrogen-bond acceptors (Lipinski definition) is 3. The molecule has 3 heteroatoms. The minimum atomic E-state index is 1.21. The Balaban J connectivity index is 2.00. The zero-order chi connectivity index (χ0) is 14.8. The molecule has 3 N–H and O–H groups in total.